The lowest BCUT2D eigenvalue weighted by molar-refractivity contribution is 0.250. The van der Waals surface area contributed by atoms with Gasteiger partial charge in [-0.2, -0.15) is 0 Å². The molecule has 4 aromatic rings. The Hall–Kier alpha value is -3.86. The highest BCUT2D eigenvalue weighted by Gasteiger charge is 2.29. The van der Waals surface area contributed by atoms with Crippen LogP contribution < -0.4 is 10.6 Å². The predicted molar refractivity (Wildman–Crippen MR) is 117 cm³/mol. The molecule has 0 aliphatic heterocycles. The van der Waals surface area contributed by atoms with Crippen LogP contribution in [0.15, 0.2) is 77.2 Å². The number of anilines is 1. The molecule has 0 atom stereocenters. The minimum Gasteiger partial charge on any atom is -0.441 e. The summed E-state index contributed by atoms with van der Waals surface area (Å²) < 4.78 is 5.71. The molecule has 2 amide bonds. The van der Waals surface area contributed by atoms with E-state index in [1.807, 2.05) is 62.4 Å². The van der Waals surface area contributed by atoms with Crippen molar-refractivity contribution in [3.05, 3.63) is 95.4 Å². The number of carbonyl (C=O) groups excluding carboxylic acids is 1. The van der Waals surface area contributed by atoms with Crippen LogP contribution in [0.2, 0.25) is 0 Å². The van der Waals surface area contributed by atoms with Crippen molar-refractivity contribution in [2.45, 2.75) is 19.9 Å². The number of urea groups is 1. The minimum absolute atomic E-state index is 0.183. The number of hydrogen-bond acceptors (Lipinski definition) is 3. The topological polar surface area (TPSA) is 67.2 Å². The van der Waals surface area contributed by atoms with Crippen LogP contribution in [-0.2, 0) is 0 Å². The number of carbonyl (C=O) groups is 1. The lowest BCUT2D eigenvalue weighted by atomic mass is 10.1. The lowest BCUT2D eigenvalue weighted by Gasteiger charge is -2.16. The maximum atomic E-state index is 12.8. The van der Waals surface area contributed by atoms with Gasteiger partial charge in [0.25, 0.3) is 0 Å². The maximum absolute atomic E-state index is 12.8. The number of benzene rings is 3. The Bertz CT molecular complexity index is 1190. The Morgan fingerprint density at radius 2 is 1.57 bits per heavy atom. The molecule has 148 valence electrons. The summed E-state index contributed by atoms with van der Waals surface area (Å²) >= 11 is 0. The molecule has 5 rings (SSSR count). The van der Waals surface area contributed by atoms with E-state index < -0.39 is 0 Å². The number of aromatic nitrogens is 1. The third-order valence-corrected chi connectivity index (χ3v) is 5.51. The van der Waals surface area contributed by atoms with Gasteiger partial charge in [-0.05, 0) is 54.3 Å². The van der Waals surface area contributed by atoms with E-state index in [0.717, 1.165) is 39.3 Å². The van der Waals surface area contributed by atoms with Gasteiger partial charge in [-0.3, -0.25) is 0 Å². The van der Waals surface area contributed by atoms with E-state index in [9.17, 15) is 4.79 Å². The molecule has 1 aliphatic rings. The molecule has 0 saturated heterocycles. The van der Waals surface area contributed by atoms with Gasteiger partial charge in [0, 0.05) is 11.3 Å². The molecule has 1 aliphatic carbocycles. The fraction of sp³-hybridized carbons (Fsp3) is 0.120. The van der Waals surface area contributed by atoms with Crippen LogP contribution in [0.1, 0.15) is 28.6 Å². The summed E-state index contributed by atoms with van der Waals surface area (Å²) in [5, 5.41) is 6.07. The molecular weight excluding hydrogens is 374 g/mol. The van der Waals surface area contributed by atoms with Gasteiger partial charge in [-0.15, -0.1) is 0 Å². The Morgan fingerprint density at radius 1 is 0.900 bits per heavy atom. The number of rotatable bonds is 3. The first-order valence-electron chi connectivity index (χ1n) is 9.90. The summed E-state index contributed by atoms with van der Waals surface area (Å²) in [7, 11) is 0. The van der Waals surface area contributed by atoms with Crippen LogP contribution in [0.3, 0.4) is 0 Å². The molecule has 3 aromatic carbocycles. The zero-order valence-electron chi connectivity index (χ0n) is 16.8. The van der Waals surface area contributed by atoms with Gasteiger partial charge in [0.15, 0.2) is 0 Å². The van der Waals surface area contributed by atoms with E-state index in [2.05, 4.69) is 39.9 Å². The average molecular weight is 395 g/mol. The van der Waals surface area contributed by atoms with E-state index in [0.29, 0.717) is 11.6 Å². The average Bonchev–Trinajstić information content (AvgIpc) is 3.26. The molecule has 30 heavy (non-hydrogen) atoms. The van der Waals surface area contributed by atoms with Gasteiger partial charge in [-0.1, -0.05) is 54.6 Å². The molecular formula is C25H21N3O2. The van der Waals surface area contributed by atoms with Crippen molar-refractivity contribution in [1.82, 2.24) is 10.3 Å². The highest BCUT2D eigenvalue weighted by atomic mass is 16.4. The molecule has 0 bridgehead atoms. The normalized spacial score (nSPS) is 12.3. The first-order valence-corrected chi connectivity index (χ1v) is 9.90. The van der Waals surface area contributed by atoms with Crippen molar-refractivity contribution >= 4 is 11.7 Å². The van der Waals surface area contributed by atoms with Gasteiger partial charge in [-0.25, -0.2) is 9.78 Å². The first kappa shape index (κ1) is 18.2. The number of nitrogens with zero attached hydrogens (tertiary/aromatic N) is 1. The first-order chi connectivity index (χ1) is 14.6. The molecule has 0 spiro atoms. The van der Waals surface area contributed by atoms with Crippen molar-refractivity contribution < 1.29 is 9.21 Å². The van der Waals surface area contributed by atoms with E-state index in [1.54, 1.807) is 0 Å². The Morgan fingerprint density at radius 3 is 2.20 bits per heavy atom. The summed E-state index contributed by atoms with van der Waals surface area (Å²) in [6.07, 6.45) is 0. The predicted octanol–water partition coefficient (Wildman–Crippen LogP) is 5.85. The highest BCUT2D eigenvalue weighted by molar-refractivity contribution is 5.92. The van der Waals surface area contributed by atoms with Crippen LogP contribution in [0.25, 0.3) is 22.6 Å². The smallest absolute Gasteiger partial charge is 0.319 e. The molecule has 0 saturated carbocycles. The van der Waals surface area contributed by atoms with Gasteiger partial charge in [0.1, 0.15) is 5.76 Å². The van der Waals surface area contributed by atoms with Crippen molar-refractivity contribution in [3.63, 3.8) is 0 Å². The maximum Gasteiger partial charge on any atom is 0.319 e. The zero-order chi connectivity index (χ0) is 20.7. The summed E-state index contributed by atoms with van der Waals surface area (Å²) in [5.74, 6) is 1.34. The van der Waals surface area contributed by atoms with Crippen molar-refractivity contribution in [3.8, 4) is 22.6 Å². The number of amides is 2. The number of fused-ring (bicyclic) bond motifs is 3. The fourth-order valence-corrected chi connectivity index (χ4v) is 3.94. The number of nitrogens with one attached hydrogen (secondary N) is 2. The van der Waals surface area contributed by atoms with E-state index >= 15 is 0 Å². The molecule has 0 radical (unpaired) electrons. The number of aryl methyl sites for hydroxylation is 2. The standard InChI is InChI=1S/C25H21N3O2/c1-15-16(2)30-24(26-15)17-8-7-9-18(14-17)27-25(29)28-23-21-12-5-3-10-19(21)20-11-4-6-13-22(20)23/h3-14,23H,1-2H3,(H2,27,28,29). The van der Waals surface area contributed by atoms with Crippen LogP contribution in [0.5, 0.6) is 0 Å². The summed E-state index contributed by atoms with van der Waals surface area (Å²) in [6, 6.07) is 23.4. The molecule has 5 heteroatoms. The summed E-state index contributed by atoms with van der Waals surface area (Å²) in [4.78, 5) is 17.3. The van der Waals surface area contributed by atoms with E-state index in [1.165, 1.54) is 0 Å². The highest BCUT2D eigenvalue weighted by Crippen LogP contribution is 2.43. The molecule has 2 N–H and O–H groups in total. The second-order valence-electron chi connectivity index (χ2n) is 7.45. The Kier molecular flexibility index (Phi) is 4.36. The van der Waals surface area contributed by atoms with Crippen LogP contribution in [-0.4, -0.2) is 11.0 Å². The van der Waals surface area contributed by atoms with Crippen LogP contribution >= 0.6 is 0 Å². The quantitative estimate of drug-likeness (QED) is 0.457. The molecule has 0 fully saturated rings. The van der Waals surface area contributed by atoms with Crippen molar-refractivity contribution in [2.24, 2.45) is 0 Å². The molecule has 0 unspecified atom stereocenters. The zero-order valence-corrected chi connectivity index (χ0v) is 16.8. The lowest BCUT2D eigenvalue weighted by Crippen LogP contribution is -2.32. The Labute approximate surface area is 174 Å². The van der Waals surface area contributed by atoms with Gasteiger partial charge in [0.2, 0.25) is 5.89 Å². The largest absolute Gasteiger partial charge is 0.441 e. The van der Waals surface area contributed by atoms with Gasteiger partial charge < -0.3 is 15.1 Å². The third kappa shape index (κ3) is 3.14. The number of oxazole rings is 1. The number of hydrogen-bond donors (Lipinski definition) is 2. The summed E-state index contributed by atoms with van der Waals surface area (Å²) in [5.41, 5.74) is 6.89. The van der Waals surface area contributed by atoms with Crippen LogP contribution in [0, 0.1) is 13.8 Å². The van der Waals surface area contributed by atoms with Gasteiger partial charge >= 0.3 is 6.03 Å². The monoisotopic (exact) mass is 395 g/mol. The van der Waals surface area contributed by atoms with Crippen molar-refractivity contribution in [2.75, 3.05) is 5.32 Å². The molecule has 5 nitrogen and oxygen atoms in total. The summed E-state index contributed by atoms with van der Waals surface area (Å²) in [6.45, 7) is 3.80. The Balaban J connectivity index is 1.38. The molecule has 1 aromatic heterocycles. The fourth-order valence-electron chi connectivity index (χ4n) is 3.94. The van der Waals surface area contributed by atoms with Crippen LogP contribution in [0.4, 0.5) is 10.5 Å². The minimum atomic E-state index is -0.261. The van der Waals surface area contributed by atoms with Crippen molar-refractivity contribution in [1.29, 1.82) is 0 Å². The van der Waals surface area contributed by atoms with E-state index in [4.69, 9.17) is 4.42 Å². The molecule has 1 heterocycles. The second kappa shape index (κ2) is 7.19. The van der Waals surface area contributed by atoms with Gasteiger partial charge in [0.05, 0.1) is 11.7 Å². The second-order valence-corrected chi connectivity index (χ2v) is 7.45. The van der Waals surface area contributed by atoms with E-state index in [-0.39, 0.29) is 12.1 Å². The third-order valence-electron chi connectivity index (χ3n) is 5.51. The SMILES string of the molecule is Cc1nc(-c2cccc(NC(=O)NC3c4ccccc4-c4ccccc43)c2)oc1C.